The number of likely N-dealkylation sites (tertiary alicyclic amines) is 1. The van der Waals surface area contributed by atoms with E-state index < -0.39 is 0 Å². The Morgan fingerprint density at radius 1 is 1.10 bits per heavy atom. The zero-order valence-corrected chi connectivity index (χ0v) is 19.4. The van der Waals surface area contributed by atoms with Gasteiger partial charge in [-0.2, -0.15) is 0 Å². The van der Waals surface area contributed by atoms with Gasteiger partial charge in [0, 0.05) is 30.6 Å². The van der Waals surface area contributed by atoms with Crippen molar-refractivity contribution in [3.8, 4) is 0 Å². The molecule has 164 valence electrons. The van der Waals surface area contributed by atoms with Gasteiger partial charge in [-0.1, -0.05) is 53.5 Å². The quantitative estimate of drug-likeness (QED) is 0.628. The number of hydrogen-bond acceptors (Lipinski definition) is 5. The summed E-state index contributed by atoms with van der Waals surface area (Å²) in [7, 11) is 0. The summed E-state index contributed by atoms with van der Waals surface area (Å²) in [6, 6.07) is 14.2. The summed E-state index contributed by atoms with van der Waals surface area (Å²) < 4.78 is 0. The number of nitrogens with zero attached hydrogens (tertiary/aromatic N) is 1. The molecule has 0 saturated carbocycles. The maximum Gasteiger partial charge on any atom is 0.237 e. The van der Waals surface area contributed by atoms with Gasteiger partial charge in [-0.25, -0.2) is 0 Å². The SMILES string of the molecule is N[C@@H]1c2ccccc2CC12CCN(C1NCC(Sc3cccc(Cl)c3Cl)C(=O)N1)CC2. The first-order valence-corrected chi connectivity index (χ1v) is 12.3. The molecule has 2 unspecified atom stereocenters. The van der Waals surface area contributed by atoms with E-state index in [0.29, 0.717) is 16.6 Å². The lowest BCUT2D eigenvalue weighted by molar-refractivity contribution is -0.125. The number of piperidine rings is 1. The third-order valence-corrected chi connectivity index (χ3v) is 9.20. The number of hydrogen-bond donors (Lipinski definition) is 3. The molecule has 2 heterocycles. The van der Waals surface area contributed by atoms with Crippen molar-refractivity contribution in [1.82, 2.24) is 15.5 Å². The molecule has 1 amide bonds. The minimum absolute atomic E-state index is 0.0232. The monoisotopic (exact) mass is 476 g/mol. The van der Waals surface area contributed by atoms with Crippen LogP contribution >= 0.6 is 35.0 Å². The van der Waals surface area contributed by atoms with Crippen LogP contribution in [0, 0.1) is 5.41 Å². The third kappa shape index (κ3) is 3.99. The summed E-state index contributed by atoms with van der Waals surface area (Å²) in [5.41, 5.74) is 9.53. The van der Waals surface area contributed by atoms with E-state index in [9.17, 15) is 4.79 Å². The van der Waals surface area contributed by atoms with E-state index in [0.717, 1.165) is 37.2 Å². The summed E-state index contributed by atoms with van der Waals surface area (Å²) in [6.07, 6.45) is 2.99. The molecule has 31 heavy (non-hydrogen) atoms. The third-order valence-electron chi connectivity index (χ3n) is 7.00. The molecule has 5 rings (SSSR count). The van der Waals surface area contributed by atoms with E-state index in [2.05, 4.69) is 39.8 Å². The molecular weight excluding hydrogens is 451 g/mol. The summed E-state index contributed by atoms with van der Waals surface area (Å²) in [5, 5.41) is 7.40. The van der Waals surface area contributed by atoms with Crippen LogP contribution in [0.3, 0.4) is 0 Å². The normalized spacial score (nSPS) is 27.8. The number of rotatable bonds is 3. The van der Waals surface area contributed by atoms with Crippen molar-refractivity contribution in [3.63, 3.8) is 0 Å². The van der Waals surface area contributed by atoms with Crippen molar-refractivity contribution in [3.05, 3.63) is 63.6 Å². The van der Waals surface area contributed by atoms with Crippen molar-refractivity contribution >= 4 is 40.9 Å². The molecule has 3 aliphatic rings. The Morgan fingerprint density at radius 2 is 1.87 bits per heavy atom. The second-order valence-corrected chi connectivity index (χ2v) is 10.8. The van der Waals surface area contributed by atoms with Crippen LogP contribution < -0.4 is 16.4 Å². The van der Waals surface area contributed by atoms with Crippen molar-refractivity contribution < 1.29 is 4.79 Å². The topological polar surface area (TPSA) is 70.4 Å². The van der Waals surface area contributed by atoms with Crippen LogP contribution in [-0.4, -0.2) is 42.0 Å². The first kappa shape index (κ1) is 21.6. The highest BCUT2D eigenvalue weighted by Gasteiger charge is 2.47. The Bertz CT molecular complexity index is 995. The van der Waals surface area contributed by atoms with Crippen LogP contribution in [0.2, 0.25) is 10.0 Å². The van der Waals surface area contributed by atoms with Crippen molar-refractivity contribution in [2.24, 2.45) is 11.1 Å². The molecule has 2 aromatic rings. The predicted molar refractivity (Wildman–Crippen MR) is 126 cm³/mol. The first-order chi connectivity index (χ1) is 15.0. The number of carbonyl (C=O) groups is 1. The highest BCUT2D eigenvalue weighted by Crippen LogP contribution is 2.50. The molecule has 2 saturated heterocycles. The summed E-state index contributed by atoms with van der Waals surface area (Å²) >= 11 is 13.8. The lowest BCUT2D eigenvalue weighted by Gasteiger charge is -2.46. The standard InChI is InChI=1S/C23H26Cl2N4OS/c24-16-6-3-7-17(19(16)25)31-18-13-27-22(28-21(18)30)29-10-8-23(9-11-29)12-14-4-1-2-5-15(14)20(23)26/h1-7,18,20,22,27H,8-13,26H2,(H,28,30)/t18?,20-,22?/m1/s1. The average Bonchev–Trinajstić information content (AvgIpc) is 3.05. The Kier molecular flexibility index (Phi) is 5.97. The largest absolute Gasteiger partial charge is 0.327 e. The van der Waals surface area contributed by atoms with Gasteiger partial charge in [-0.05, 0) is 47.9 Å². The van der Waals surface area contributed by atoms with Gasteiger partial charge < -0.3 is 11.1 Å². The van der Waals surface area contributed by atoms with E-state index >= 15 is 0 Å². The van der Waals surface area contributed by atoms with E-state index in [1.54, 1.807) is 6.07 Å². The minimum Gasteiger partial charge on any atom is -0.327 e. The van der Waals surface area contributed by atoms with Gasteiger partial charge in [-0.15, -0.1) is 11.8 Å². The number of carbonyl (C=O) groups excluding carboxylic acids is 1. The molecule has 8 heteroatoms. The number of nitrogens with one attached hydrogen (secondary N) is 2. The number of nitrogens with two attached hydrogens (primary N) is 1. The van der Waals surface area contributed by atoms with E-state index in [1.165, 1.54) is 22.9 Å². The smallest absolute Gasteiger partial charge is 0.237 e. The van der Waals surface area contributed by atoms with Gasteiger partial charge in [0.15, 0.2) is 0 Å². The second kappa shape index (κ2) is 8.58. The van der Waals surface area contributed by atoms with Crippen LogP contribution in [0.1, 0.15) is 30.0 Å². The summed E-state index contributed by atoms with van der Waals surface area (Å²) in [4.78, 5) is 16.0. The predicted octanol–water partition coefficient (Wildman–Crippen LogP) is 3.80. The number of halogens is 2. The maximum atomic E-state index is 12.8. The summed E-state index contributed by atoms with van der Waals surface area (Å²) in [5.74, 6) is 0.0232. The molecule has 0 bridgehead atoms. The second-order valence-electron chi connectivity index (χ2n) is 8.73. The molecule has 1 spiro atoms. The average molecular weight is 477 g/mol. The van der Waals surface area contributed by atoms with Gasteiger partial charge in [-0.3, -0.25) is 15.0 Å². The van der Waals surface area contributed by atoms with E-state index in [-0.39, 0.29) is 28.9 Å². The summed E-state index contributed by atoms with van der Waals surface area (Å²) in [6.45, 7) is 2.41. The Morgan fingerprint density at radius 3 is 2.61 bits per heavy atom. The zero-order chi connectivity index (χ0) is 21.6. The molecule has 2 aliphatic heterocycles. The van der Waals surface area contributed by atoms with Crippen molar-refractivity contribution in [1.29, 1.82) is 0 Å². The Labute approximate surface area is 197 Å². The molecule has 2 aromatic carbocycles. The van der Waals surface area contributed by atoms with E-state index in [4.69, 9.17) is 28.9 Å². The fourth-order valence-corrected chi connectivity index (χ4v) is 6.69. The van der Waals surface area contributed by atoms with Gasteiger partial charge >= 0.3 is 0 Å². The fraction of sp³-hybridized carbons (Fsp3) is 0.435. The first-order valence-electron chi connectivity index (χ1n) is 10.7. The molecule has 0 radical (unpaired) electrons. The Hall–Kier alpha value is -1.28. The Balaban J connectivity index is 1.19. The lowest BCUT2D eigenvalue weighted by atomic mass is 9.73. The molecule has 4 N–H and O–H groups in total. The van der Waals surface area contributed by atoms with E-state index in [1.807, 2.05) is 12.1 Å². The molecule has 0 aromatic heterocycles. The van der Waals surface area contributed by atoms with Crippen LogP contribution in [0.25, 0.3) is 0 Å². The van der Waals surface area contributed by atoms with Gasteiger partial charge in [0.1, 0.15) is 11.5 Å². The lowest BCUT2D eigenvalue weighted by Crippen LogP contribution is -2.66. The highest BCUT2D eigenvalue weighted by atomic mass is 35.5. The van der Waals surface area contributed by atoms with Gasteiger partial charge in [0.05, 0.1) is 10.0 Å². The molecular formula is C23H26Cl2N4OS. The van der Waals surface area contributed by atoms with Crippen LogP contribution in [0.5, 0.6) is 0 Å². The van der Waals surface area contributed by atoms with Crippen LogP contribution in [0.4, 0.5) is 0 Å². The molecule has 5 nitrogen and oxygen atoms in total. The minimum atomic E-state index is -0.249. The number of amides is 1. The highest BCUT2D eigenvalue weighted by molar-refractivity contribution is 8.00. The maximum absolute atomic E-state index is 12.8. The van der Waals surface area contributed by atoms with Gasteiger partial charge in [0.2, 0.25) is 5.91 Å². The molecule has 1 aliphatic carbocycles. The van der Waals surface area contributed by atoms with Crippen LogP contribution in [-0.2, 0) is 11.2 Å². The number of benzene rings is 2. The number of thioether (sulfide) groups is 1. The van der Waals surface area contributed by atoms with Crippen LogP contribution in [0.15, 0.2) is 47.4 Å². The van der Waals surface area contributed by atoms with Crippen molar-refractivity contribution in [2.75, 3.05) is 19.6 Å². The molecule has 3 atom stereocenters. The zero-order valence-electron chi connectivity index (χ0n) is 17.1. The fourth-order valence-electron chi connectivity index (χ4n) is 5.17. The van der Waals surface area contributed by atoms with Gasteiger partial charge in [0.25, 0.3) is 0 Å². The molecule has 2 fully saturated rings. The number of fused-ring (bicyclic) bond motifs is 1. The van der Waals surface area contributed by atoms with Crippen molar-refractivity contribution in [2.45, 2.75) is 41.7 Å².